The third kappa shape index (κ3) is 3.78. The fourth-order valence-electron chi connectivity index (χ4n) is 2.50. The van der Waals surface area contributed by atoms with E-state index in [2.05, 4.69) is 111 Å². The number of hydrogen-bond donors (Lipinski definition) is 0. The second kappa shape index (κ2) is 7.70. The molecule has 0 fully saturated rings. The predicted octanol–water partition coefficient (Wildman–Crippen LogP) is 7.01. The lowest BCUT2D eigenvalue weighted by Crippen LogP contribution is -1.92. The normalized spacial score (nSPS) is 10.5. The van der Waals surface area contributed by atoms with E-state index in [0.717, 1.165) is 5.56 Å². The van der Waals surface area contributed by atoms with Crippen LogP contribution in [-0.4, -0.2) is 0 Å². The van der Waals surface area contributed by atoms with E-state index in [-0.39, 0.29) is 0 Å². The van der Waals surface area contributed by atoms with Crippen LogP contribution in [0.1, 0.15) is 11.1 Å². The highest BCUT2D eigenvalue weighted by molar-refractivity contribution is 14.1. The van der Waals surface area contributed by atoms with E-state index in [1.807, 2.05) is 24.3 Å². The van der Waals surface area contributed by atoms with Crippen molar-refractivity contribution in [2.75, 3.05) is 0 Å². The third-order valence-corrected chi connectivity index (χ3v) is 6.71. The first-order chi connectivity index (χ1) is 11.5. The Labute approximate surface area is 182 Å². The van der Waals surface area contributed by atoms with Crippen LogP contribution in [0.2, 0.25) is 0 Å². The number of hydrogen-bond acceptors (Lipinski definition) is 1. The van der Waals surface area contributed by atoms with Crippen LogP contribution >= 0.6 is 67.8 Å². The minimum absolute atomic E-state index is 0.689. The largest absolute Gasteiger partial charge is 0.192 e. The highest BCUT2D eigenvalue weighted by atomic mass is 127. The summed E-state index contributed by atoms with van der Waals surface area (Å²) >= 11 is 7.23. The molecule has 3 aromatic carbocycles. The molecule has 0 aliphatic carbocycles. The molecule has 118 valence electrons. The van der Waals surface area contributed by atoms with Gasteiger partial charge in [0.15, 0.2) is 0 Å². The van der Waals surface area contributed by atoms with E-state index in [4.69, 9.17) is 5.26 Å². The molecule has 3 aromatic rings. The second-order valence-electron chi connectivity index (χ2n) is 5.47. The minimum Gasteiger partial charge on any atom is -0.192 e. The Morgan fingerprint density at radius 1 is 0.708 bits per heavy atom. The average molecular weight is 647 g/mol. The zero-order valence-corrected chi connectivity index (χ0v) is 19.2. The van der Waals surface area contributed by atoms with Crippen molar-refractivity contribution in [3.05, 3.63) is 76.4 Å². The molecule has 4 heteroatoms. The minimum atomic E-state index is 0.689. The van der Waals surface area contributed by atoms with Gasteiger partial charge in [0.05, 0.1) is 11.6 Å². The topological polar surface area (TPSA) is 23.8 Å². The van der Waals surface area contributed by atoms with Gasteiger partial charge in [-0.2, -0.15) is 5.26 Å². The number of benzene rings is 3. The molecule has 0 unspecified atom stereocenters. The smallest absolute Gasteiger partial charge is 0.0991 e. The molecule has 0 aliphatic rings. The first-order valence-electron chi connectivity index (χ1n) is 7.25. The highest BCUT2D eigenvalue weighted by Gasteiger charge is 2.12. The van der Waals surface area contributed by atoms with Crippen LogP contribution in [-0.2, 0) is 0 Å². The van der Waals surface area contributed by atoms with Crippen molar-refractivity contribution < 1.29 is 0 Å². The van der Waals surface area contributed by atoms with Gasteiger partial charge in [0, 0.05) is 16.3 Å². The molecule has 0 radical (unpaired) electrons. The Bertz CT molecular complexity index is 931. The Kier molecular flexibility index (Phi) is 5.82. The van der Waals surface area contributed by atoms with Crippen molar-refractivity contribution in [2.24, 2.45) is 0 Å². The number of halogens is 3. The van der Waals surface area contributed by atoms with E-state index >= 15 is 0 Å². The van der Waals surface area contributed by atoms with Gasteiger partial charge in [-0.1, -0.05) is 24.3 Å². The van der Waals surface area contributed by atoms with Gasteiger partial charge in [0.2, 0.25) is 0 Å². The Morgan fingerprint density at radius 2 is 1.25 bits per heavy atom. The fraction of sp³-hybridized carbons (Fsp3) is 0.0500. The van der Waals surface area contributed by atoms with Crippen LogP contribution in [0.4, 0.5) is 0 Å². The van der Waals surface area contributed by atoms with Crippen molar-refractivity contribution in [3.63, 3.8) is 0 Å². The molecule has 0 spiro atoms. The molecule has 0 saturated carbocycles. The summed E-state index contributed by atoms with van der Waals surface area (Å²) in [6.07, 6.45) is 0. The summed E-state index contributed by atoms with van der Waals surface area (Å²) < 4.78 is 3.75. The van der Waals surface area contributed by atoms with Crippen LogP contribution in [0.5, 0.6) is 0 Å². The zero-order chi connectivity index (χ0) is 17.3. The van der Waals surface area contributed by atoms with Crippen molar-refractivity contribution in [3.8, 4) is 28.3 Å². The number of rotatable bonds is 2. The first kappa shape index (κ1) is 18.1. The molecule has 0 aliphatic heterocycles. The molecule has 24 heavy (non-hydrogen) atoms. The van der Waals surface area contributed by atoms with Crippen molar-refractivity contribution in [1.82, 2.24) is 0 Å². The average Bonchev–Trinajstić information content (AvgIpc) is 2.57. The SMILES string of the molecule is Cc1ccc(-c2c(I)cc(-c3ccc(C#N)cc3)cc2I)cc1I. The van der Waals surface area contributed by atoms with E-state index in [9.17, 15) is 0 Å². The molecule has 0 heterocycles. The molecule has 0 bridgehead atoms. The summed E-state index contributed by atoms with van der Waals surface area (Å²) in [5.41, 5.74) is 6.85. The van der Waals surface area contributed by atoms with Crippen molar-refractivity contribution in [2.45, 2.75) is 6.92 Å². The molecular weight excluding hydrogens is 635 g/mol. The second-order valence-corrected chi connectivity index (χ2v) is 8.95. The van der Waals surface area contributed by atoms with Crippen LogP contribution < -0.4 is 0 Å². The van der Waals surface area contributed by atoms with Gasteiger partial charge in [0.25, 0.3) is 0 Å². The van der Waals surface area contributed by atoms with Gasteiger partial charge in [0.1, 0.15) is 0 Å². The van der Waals surface area contributed by atoms with Crippen molar-refractivity contribution in [1.29, 1.82) is 5.26 Å². The maximum atomic E-state index is 8.94. The first-order valence-corrected chi connectivity index (χ1v) is 10.5. The summed E-state index contributed by atoms with van der Waals surface area (Å²) in [5, 5.41) is 8.94. The van der Waals surface area contributed by atoms with Gasteiger partial charge in [-0.15, -0.1) is 0 Å². The standard InChI is InChI=1S/C20H12I3N/c1-12-2-5-15(8-17(12)21)20-18(22)9-16(10-19(20)23)14-6-3-13(11-24)4-7-14/h2-10H,1H3. The van der Waals surface area contributed by atoms with Gasteiger partial charge < -0.3 is 0 Å². The van der Waals surface area contributed by atoms with Crippen LogP contribution in [0.15, 0.2) is 54.6 Å². The molecular formula is C20H12I3N. The molecule has 1 nitrogen and oxygen atoms in total. The molecule has 0 amide bonds. The molecule has 3 rings (SSSR count). The molecule has 0 saturated heterocycles. The summed E-state index contributed by atoms with van der Waals surface area (Å²) in [6, 6.07) is 21.0. The summed E-state index contributed by atoms with van der Waals surface area (Å²) in [6.45, 7) is 2.13. The number of nitriles is 1. The Hall–Kier alpha value is -0.660. The maximum Gasteiger partial charge on any atom is 0.0991 e. The summed E-state index contributed by atoms with van der Waals surface area (Å²) in [4.78, 5) is 0. The monoisotopic (exact) mass is 647 g/mol. The van der Waals surface area contributed by atoms with Crippen LogP contribution in [0.3, 0.4) is 0 Å². The van der Waals surface area contributed by atoms with E-state index in [1.54, 1.807) is 0 Å². The van der Waals surface area contributed by atoms with E-state index in [0.29, 0.717) is 5.56 Å². The summed E-state index contributed by atoms with van der Waals surface area (Å²) in [5.74, 6) is 0. The lowest BCUT2D eigenvalue weighted by molar-refractivity contribution is 1.42. The lowest BCUT2D eigenvalue weighted by atomic mass is 9.99. The lowest BCUT2D eigenvalue weighted by Gasteiger charge is -2.12. The fourth-order valence-corrected chi connectivity index (χ4v) is 5.41. The quantitative estimate of drug-likeness (QED) is 0.275. The maximum absolute atomic E-state index is 8.94. The van der Waals surface area contributed by atoms with Gasteiger partial charge in [-0.25, -0.2) is 0 Å². The van der Waals surface area contributed by atoms with Crippen LogP contribution in [0.25, 0.3) is 22.3 Å². The number of nitrogens with zero attached hydrogens (tertiary/aromatic N) is 1. The highest BCUT2D eigenvalue weighted by Crippen LogP contribution is 2.35. The third-order valence-electron chi connectivity index (χ3n) is 3.85. The van der Waals surface area contributed by atoms with E-state index in [1.165, 1.54) is 33.0 Å². The zero-order valence-electron chi connectivity index (χ0n) is 12.8. The van der Waals surface area contributed by atoms with Crippen molar-refractivity contribution >= 4 is 67.8 Å². The Balaban J connectivity index is 2.08. The van der Waals surface area contributed by atoms with Crippen LogP contribution in [0, 0.1) is 29.0 Å². The van der Waals surface area contributed by atoms with Gasteiger partial charge in [-0.05, 0) is 127 Å². The number of aryl methyl sites for hydroxylation is 1. The molecule has 0 aromatic heterocycles. The molecule has 0 N–H and O–H groups in total. The Morgan fingerprint density at radius 3 is 1.79 bits per heavy atom. The van der Waals surface area contributed by atoms with Gasteiger partial charge in [-0.3, -0.25) is 0 Å². The predicted molar refractivity (Wildman–Crippen MR) is 125 cm³/mol. The molecule has 0 atom stereocenters. The van der Waals surface area contributed by atoms with E-state index < -0.39 is 0 Å². The van der Waals surface area contributed by atoms with Gasteiger partial charge >= 0.3 is 0 Å². The summed E-state index contributed by atoms with van der Waals surface area (Å²) in [7, 11) is 0.